The van der Waals surface area contributed by atoms with Gasteiger partial charge < -0.3 is 30.2 Å². The number of nitrogens with one attached hydrogen (secondary N) is 1. The Hall–Kier alpha value is -3.84. The molecule has 8 rings (SSSR count). The number of aromatic hydroxyl groups is 1. The Bertz CT molecular complexity index is 1770. The van der Waals surface area contributed by atoms with E-state index in [0.717, 1.165) is 44.4 Å². The van der Waals surface area contributed by atoms with E-state index in [4.69, 9.17) is 19.9 Å². The summed E-state index contributed by atoms with van der Waals surface area (Å²) >= 11 is 0. The molecule has 1 aromatic carbocycles. The zero-order chi connectivity index (χ0) is 29.6. The number of ether oxygens (including phenoxy) is 1. The number of benzene rings is 1. The first kappa shape index (κ1) is 26.8. The maximum absolute atomic E-state index is 16.7. The predicted molar refractivity (Wildman–Crippen MR) is 154 cm³/mol. The Morgan fingerprint density at radius 1 is 1.14 bits per heavy atom. The van der Waals surface area contributed by atoms with Crippen LogP contribution in [-0.4, -0.2) is 81.5 Å². The van der Waals surface area contributed by atoms with Crippen LogP contribution in [0.2, 0.25) is 0 Å². The van der Waals surface area contributed by atoms with Crippen molar-refractivity contribution in [1.82, 2.24) is 25.2 Å². The molecule has 13 heteroatoms. The molecule has 4 N–H and O–H groups in total. The number of hydrogen-bond donors (Lipinski definition) is 3. The van der Waals surface area contributed by atoms with Gasteiger partial charge in [0, 0.05) is 60.7 Å². The van der Waals surface area contributed by atoms with Gasteiger partial charge in [-0.15, -0.1) is 0 Å². The van der Waals surface area contributed by atoms with Gasteiger partial charge in [-0.25, -0.2) is 18.2 Å². The van der Waals surface area contributed by atoms with Crippen molar-refractivity contribution in [3.05, 3.63) is 29.3 Å². The first-order valence-electron chi connectivity index (χ1n) is 14.8. The fraction of sp³-hybridized carbons (Fsp3) is 0.500. The lowest BCUT2D eigenvalue weighted by Gasteiger charge is -2.34. The molecule has 43 heavy (non-hydrogen) atoms. The number of pyridine rings is 1. The molecule has 4 aliphatic heterocycles. The van der Waals surface area contributed by atoms with Crippen molar-refractivity contribution < 1.29 is 27.4 Å². The number of furan rings is 1. The molecule has 4 aromatic rings. The highest BCUT2D eigenvalue weighted by molar-refractivity contribution is 6.02. The molecule has 2 unspecified atom stereocenters. The summed E-state index contributed by atoms with van der Waals surface area (Å²) in [5, 5.41) is 15.1. The Kier molecular flexibility index (Phi) is 5.96. The van der Waals surface area contributed by atoms with Crippen molar-refractivity contribution in [2.24, 2.45) is 0 Å². The Morgan fingerprint density at radius 3 is 2.72 bits per heavy atom. The zero-order valence-corrected chi connectivity index (χ0v) is 23.7. The van der Waals surface area contributed by atoms with Crippen LogP contribution in [0.3, 0.4) is 0 Å². The first-order chi connectivity index (χ1) is 20.7. The summed E-state index contributed by atoms with van der Waals surface area (Å²) in [5.74, 6) is -1.81. The van der Waals surface area contributed by atoms with Gasteiger partial charge in [-0.2, -0.15) is 9.97 Å². The van der Waals surface area contributed by atoms with E-state index >= 15 is 4.39 Å². The summed E-state index contributed by atoms with van der Waals surface area (Å²) in [7, 11) is 0. The molecule has 3 aromatic heterocycles. The van der Waals surface area contributed by atoms with Gasteiger partial charge in [-0.1, -0.05) is 0 Å². The smallest absolute Gasteiger partial charge is 0.319 e. The SMILES string of the molecule is Cc1c(N)oc2cc(F)cc(-c3c(O)nc4c(N5CC6CCC(C5)N6)nc(OC[C@@]56CCCN5C[C@H](F)C6)nc4c3F)c12. The van der Waals surface area contributed by atoms with Crippen molar-refractivity contribution in [1.29, 1.82) is 0 Å². The minimum Gasteiger partial charge on any atom is -0.493 e. The molecule has 4 atom stereocenters. The van der Waals surface area contributed by atoms with E-state index < -0.39 is 29.2 Å². The third-order valence-corrected chi connectivity index (χ3v) is 9.76. The molecule has 226 valence electrons. The number of nitrogens with zero attached hydrogens (tertiary/aromatic N) is 5. The maximum atomic E-state index is 16.7. The van der Waals surface area contributed by atoms with E-state index in [2.05, 4.69) is 20.2 Å². The number of aromatic nitrogens is 3. The molecule has 0 amide bonds. The van der Waals surface area contributed by atoms with Gasteiger partial charge in [-0.3, -0.25) is 4.90 Å². The highest BCUT2D eigenvalue weighted by Gasteiger charge is 2.49. The largest absolute Gasteiger partial charge is 0.493 e. The van der Waals surface area contributed by atoms with Gasteiger partial charge in [0.25, 0.3) is 0 Å². The zero-order valence-electron chi connectivity index (χ0n) is 23.7. The highest BCUT2D eigenvalue weighted by Crippen LogP contribution is 2.44. The average Bonchev–Trinajstić information content (AvgIpc) is 3.68. The highest BCUT2D eigenvalue weighted by atomic mass is 19.1. The standard InChI is InChI=1S/C30H32F3N7O3/c1-14-21-19(7-15(31)8-20(21)43-26(14)34)22-23(33)24-25(36-28(22)41)27(39-11-17-3-4-18(12-39)35-17)38-29(37-24)42-13-30-5-2-6-40(30)10-16(32)9-30/h7-8,16-18,35H,2-6,9-13,34H2,1H3,(H,36,41)/t16-,17?,18?,30+/m1/s1. The lowest BCUT2D eigenvalue weighted by Crippen LogP contribution is -2.51. The van der Waals surface area contributed by atoms with Gasteiger partial charge in [0.2, 0.25) is 5.88 Å². The van der Waals surface area contributed by atoms with E-state index in [9.17, 15) is 13.9 Å². The van der Waals surface area contributed by atoms with E-state index in [-0.39, 0.29) is 58.3 Å². The van der Waals surface area contributed by atoms with E-state index in [1.54, 1.807) is 6.92 Å². The molecule has 2 bridgehead atoms. The number of alkyl halides is 1. The summed E-state index contributed by atoms with van der Waals surface area (Å²) in [6, 6.07) is 2.71. The van der Waals surface area contributed by atoms with Crippen LogP contribution in [0, 0.1) is 18.6 Å². The van der Waals surface area contributed by atoms with Gasteiger partial charge in [0.05, 0.1) is 11.1 Å². The number of fused-ring (bicyclic) bond motifs is 5. The second-order valence-corrected chi connectivity index (χ2v) is 12.5. The average molecular weight is 596 g/mol. The van der Waals surface area contributed by atoms with Crippen molar-refractivity contribution in [2.75, 3.05) is 43.4 Å². The first-order valence-corrected chi connectivity index (χ1v) is 14.8. The predicted octanol–water partition coefficient (Wildman–Crippen LogP) is 4.21. The van der Waals surface area contributed by atoms with E-state index in [0.29, 0.717) is 42.8 Å². The van der Waals surface area contributed by atoms with Crippen LogP contribution in [0.1, 0.15) is 37.7 Å². The minimum absolute atomic E-state index is 0.0422. The summed E-state index contributed by atoms with van der Waals surface area (Å²) in [6.45, 7) is 4.26. The van der Waals surface area contributed by atoms with Gasteiger partial charge in [0.15, 0.2) is 17.5 Å². The minimum atomic E-state index is -0.927. The van der Waals surface area contributed by atoms with Crippen LogP contribution in [0.25, 0.3) is 33.1 Å². The number of aryl methyl sites for hydroxylation is 1. The number of nitrogen functional groups attached to an aromatic ring is 1. The van der Waals surface area contributed by atoms with Crippen LogP contribution in [0.4, 0.5) is 24.9 Å². The van der Waals surface area contributed by atoms with Crippen LogP contribution >= 0.6 is 0 Å². The summed E-state index contributed by atoms with van der Waals surface area (Å²) in [6.07, 6.45) is 3.21. The van der Waals surface area contributed by atoms with Crippen LogP contribution < -0.4 is 20.7 Å². The van der Waals surface area contributed by atoms with Crippen LogP contribution in [-0.2, 0) is 0 Å². The molecular weight excluding hydrogens is 563 g/mol. The van der Waals surface area contributed by atoms with E-state index in [1.807, 2.05) is 4.90 Å². The Labute approximate surface area is 245 Å². The molecule has 7 heterocycles. The maximum Gasteiger partial charge on any atom is 0.319 e. The van der Waals surface area contributed by atoms with Crippen LogP contribution in [0.15, 0.2) is 16.5 Å². The molecule has 0 saturated carbocycles. The fourth-order valence-electron chi connectivity index (χ4n) is 7.76. The van der Waals surface area contributed by atoms with Crippen LogP contribution in [0.5, 0.6) is 11.9 Å². The number of nitrogens with two attached hydrogens (primary N) is 1. The number of rotatable bonds is 5. The monoisotopic (exact) mass is 595 g/mol. The quantitative estimate of drug-likeness (QED) is 0.309. The third kappa shape index (κ3) is 4.19. The number of piperazine rings is 1. The number of anilines is 2. The van der Waals surface area contributed by atoms with Crippen molar-refractivity contribution >= 4 is 33.7 Å². The molecule has 10 nitrogen and oxygen atoms in total. The van der Waals surface area contributed by atoms with Crippen molar-refractivity contribution in [3.8, 4) is 23.0 Å². The normalized spacial score (nSPS) is 27.1. The lowest BCUT2D eigenvalue weighted by atomic mass is 9.95. The number of halogens is 3. The Balaban J connectivity index is 1.28. The fourth-order valence-corrected chi connectivity index (χ4v) is 7.76. The Morgan fingerprint density at radius 2 is 1.93 bits per heavy atom. The third-order valence-electron chi connectivity index (χ3n) is 9.76. The second kappa shape index (κ2) is 9.58. The van der Waals surface area contributed by atoms with Gasteiger partial charge in [-0.05, 0) is 45.2 Å². The summed E-state index contributed by atoms with van der Waals surface area (Å²) in [5.41, 5.74) is 5.74. The molecular formula is C30H32F3N7O3. The van der Waals surface area contributed by atoms with Crippen molar-refractivity contribution in [2.45, 2.75) is 62.8 Å². The second-order valence-electron chi connectivity index (χ2n) is 12.5. The topological polar surface area (TPSA) is 126 Å². The van der Waals surface area contributed by atoms with Gasteiger partial charge >= 0.3 is 6.01 Å². The van der Waals surface area contributed by atoms with E-state index in [1.165, 1.54) is 0 Å². The molecule has 4 fully saturated rings. The number of hydrogen-bond acceptors (Lipinski definition) is 10. The molecule has 0 aliphatic carbocycles. The van der Waals surface area contributed by atoms with Crippen molar-refractivity contribution in [3.63, 3.8) is 0 Å². The summed E-state index contributed by atoms with van der Waals surface area (Å²) in [4.78, 5) is 17.7. The molecule has 0 spiro atoms. The molecule has 4 saturated heterocycles. The molecule has 4 aliphatic rings. The lowest BCUT2D eigenvalue weighted by molar-refractivity contribution is 0.107. The summed E-state index contributed by atoms with van der Waals surface area (Å²) < 4.78 is 57.5. The molecule has 0 radical (unpaired) electrons. The van der Waals surface area contributed by atoms with Gasteiger partial charge in [0.1, 0.15) is 35.2 Å².